The molecule has 0 atom stereocenters. The number of amidine groups is 1. The number of para-hydroxylation sites is 1. The van der Waals surface area contributed by atoms with Crippen LogP contribution >= 0.6 is 11.8 Å². The second-order valence-corrected chi connectivity index (χ2v) is 6.63. The Balaban J connectivity index is 1.75. The molecule has 19 heavy (non-hydrogen) atoms. The summed E-state index contributed by atoms with van der Waals surface area (Å²) in [4.78, 5) is 4.98. The molecule has 1 N–H and O–H groups in total. The Bertz CT molecular complexity index is 475. The van der Waals surface area contributed by atoms with Gasteiger partial charge in [0.25, 0.3) is 0 Å². The topological polar surface area (TPSA) is 24.4 Å². The lowest BCUT2D eigenvalue weighted by molar-refractivity contribution is 0.508. The van der Waals surface area contributed by atoms with Gasteiger partial charge in [0.15, 0.2) is 5.17 Å². The van der Waals surface area contributed by atoms with Gasteiger partial charge in [0, 0.05) is 11.4 Å². The van der Waals surface area contributed by atoms with E-state index in [-0.39, 0.29) is 5.54 Å². The highest BCUT2D eigenvalue weighted by atomic mass is 32.2. The van der Waals surface area contributed by atoms with E-state index < -0.39 is 0 Å². The summed E-state index contributed by atoms with van der Waals surface area (Å²) < 4.78 is 0. The Morgan fingerprint density at radius 3 is 2.84 bits per heavy atom. The molecule has 0 radical (unpaired) electrons. The average Bonchev–Trinajstić information content (AvgIpc) is 3.03. The minimum atomic E-state index is 0.271. The van der Waals surface area contributed by atoms with Gasteiger partial charge in [0.05, 0.1) is 5.54 Å². The second-order valence-electron chi connectivity index (χ2n) is 5.67. The maximum atomic E-state index is 4.98. The van der Waals surface area contributed by atoms with Crippen LogP contribution in [0.25, 0.3) is 0 Å². The van der Waals surface area contributed by atoms with Gasteiger partial charge in [-0.05, 0) is 30.9 Å². The van der Waals surface area contributed by atoms with E-state index in [0.29, 0.717) is 0 Å². The second kappa shape index (κ2) is 5.58. The summed E-state index contributed by atoms with van der Waals surface area (Å²) in [5.74, 6) is 1.17. The molecule has 1 aliphatic carbocycles. The van der Waals surface area contributed by atoms with Gasteiger partial charge in [-0.15, -0.1) is 0 Å². The van der Waals surface area contributed by atoms with Crippen molar-refractivity contribution in [3.8, 4) is 0 Å². The molecule has 2 aliphatic rings. The van der Waals surface area contributed by atoms with Crippen molar-refractivity contribution < 1.29 is 0 Å². The fourth-order valence-corrected chi connectivity index (χ4v) is 4.28. The van der Waals surface area contributed by atoms with E-state index in [1.54, 1.807) is 0 Å². The van der Waals surface area contributed by atoms with Crippen LogP contribution in [0, 0.1) is 0 Å². The third-order valence-electron chi connectivity index (χ3n) is 4.13. The Labute approximate surface area is 120 Å². The van der Waals surface area contributed by atoms with Gasteiger partial charge in [-0.1, -0.05) is 56.1 Å². The number of anilines is 1. The zero-order valence-corrected chi connectivity index (χ0v) is 12.4. The minimum Gasteiger partial charge on any atom is -0.335 e. The van der Waals surface area contributed by atoms with Crippen LogP contribution in [0.15, 0.2) is 29.3 Å². The number of aliphatic imine (C=N–C) groups is 1. The first-order valence-electron chi connectivity index (χ1n) is 7.39. The third-order valence-corrected chi connectivity index (χ3v) is 5.28. The molecule has 0 amide bonds. The van der Waals surface area contributed by atoms with Crippen molar-refractivity contribution in [3.63, 3.8) is 0 Å². The maximum Gasteiger partial charge on any atom is 0.161 e. The molecule has 0 saturated heterocycles. The molecule has 3 heteroatoms. The standard InChI is InChI=1S/C16H22N2S/c1-2-7-13-8-3-4-9-14(13)17-15-18-16(12-19-15)10-5-6-11-16/h3-4,8-9H,2,5-7,10-12H2,1H3,(H,17,18). The molecule has 1 aromatic carbocycles. The molecule has 2 nitrogen and oxygen atoms in total. The summed E-state index contributed by atoms with van der Waals surface area (Å²) in [5, 5.41) is 4.69. The number of rotatable bonds is 3. The van der Waals surface area contributed by atoms with Crippen LogP contribution in [-0.4, -0.2) is 16.5 Å². The molecule has 3 rings (SSSR count). The Kier molecular flexibility index (Phi) is 3.83. The molecule has 1 fully saturated rings. The van der Waals surface area contributed by atoms with E-state index in [2.05, 4.69) is 36.5 Å². The average molecular weight is 274 g/mol. The fraction of sp³-hybridized carbons (Fsp3) is 0.562. The highest BCUT2D eigenvalue weighted by Gasteiger charge is 2.38. The van der Waals surface area contributed by atoms with Crippen molar-refractivity contribution in [1.29, 1.82) is 0 Å². The molecule has 1 heterocycles. The largest absolute Gasteiger partial charge is 0.335 e. The first-order chi connectivity index (χ1) is 9.31. The van der Waals surface area contributed by atoms with Gasteiger partial charge >= 0.3 is 0 Å². The van der Waals surface area contributed by atoms with Crippen LogP contribution in [0.5, 0.6) is 0 Å². The number of nitrogens with zero attached hydrogens (tertiary/aromatic N) is 1. The number of nitrogens with one attached hydrogen (secondary N) is 1. The Hall–Kier alpha value is -0.960. The number of hydrogen-bond donors (Lipinski definition) is 1. The van der Waals surface area contributed by atoms with Crippen LogP contribution in [0.4, 0.5) is 5.69 Å². The van der Waals surface area contributed by atoms with E-state index in [4.69, 9.17) is 4.99 Å². The maximum absolute atomic E-state index is 4.98. The number of benzene rings is 1. The zero-order chi connectivity index (χ0) is 13.1. The van der Waals surface area contributed by atoms with Gasteiger partial charge in [0.2, 0.25) is 0 Å². The predicted molar refractivity (Wildman–Crippen MR) is 85.2 cm³/mol. The lowest BCUT2D eigenvalue weighted by atomic mass is 10.0. The minimum absolute atomic E-state index is 0.271. The summed E-state index contributed by atoms with van der Waals surface area (Å²) in [5.41, 5.74) is 2.92. The number of hydrogen-bond acceptors (Lipinski definition) is 3. The van der Waals surface area contributed by atoms with Crippen LogP contribution in [0.3, 0.4) is 0 Å². The van der Waals surface area contributed by atoms with Crippen molar-refractivity contribution >= 4 is 22.6 Å². The molecule has 1 saturated carbocycles. The van der Waals surface area contributed by atoms with Crippen molar-refractivity contribution in [2.45, 2.75) is 51.0 Å². The molecule has 0 aromatic heterocycles. The predicted octanol–water partition coefficient (Wildman–Crippen LogP) is 4.47. The third kappa shape index (κ3) is 2.81. The summed E-state index contributed by atoms with van der Waals surface area (Å²) >= 11 is 1.90. The Morgan fingerprint density at radius 1 is 1.26 bits per heavy atom. The van der Waals surface area contributed by atoms with E-state index in [9.17, 15) is 0 Å². The fourth-order valence-electron chi connectivity index (χ4n) is 3.08. The lowest BCUT2D eigenvalue weighted by Crippen LogP contribution is -2.21. The van der Waals surface area contributed by atoms with Crippen LogP contribution in [0.2, 0.25) is 0 Å². The molecule has 102 valence electrons. The van der Waals surface area contributed by atoms with Gasteiger partial charge in [-0.3, -0.25) is 4.99 Å². The van der Waals surface area contributed by atoms with Gasteiger partial charge < -0.3 is 5.32 Å². The molecule has 0 bridgehead atoms. The van der Waals surface area contributed by atoms with Gasteiger partial charge in [-0.2, -0.15) is 0 Å². The molecule has 1 aliphatic heterocycles. The SMILES string of the molecule is CCCc1ccccc1NC1=NC2(CCCC2)CS1. The summed E-state index contributed by atoms with van der Waals surface area (Å²) in [7, 11) is 0. The lowest BCUT2D eigenvalue weighted by Gasteiger charge is -2.16. The van der Waals surface area contributed by atoms with Gasteiger partial charge in [-0.25, -0.2) is 0 Å². The summed E-state index contributed by atoms with van der Waals surface area (Å²) in [6.45, 7) is 2.23. The van der Waals surface area contributed by atoms with Crippen LogP contribution in [0.1, 0.15) is 44.6 Å². The molecular formula is C16H22N2S. The first kappa shape index (κ1) is 13.0. The van der Waals surface area contributed by atoms with Crippen molar-refractivity contribution in [1.82, 2.24) is 0 Å². The molecule has 0 unspecified atom stereocenters. The summed E-state index contributed by atoms with van der Waals surface area (Å²) in [6, 6.07) is 8.62. The highest BCUT2D eigenvalue weighted by molar-refractivity contribution is 8.14. The molecule has 1 spiro atoms. The molecule has 1 aromatic rings. The zero-order valence-electron chi connectivity index (χ0n) is 11.6. The number of aryl methyl sites for hydroxylation is 1. The van der Waals surface area contributed by atoms with E-state index in [1.165, 1.54) is 49.1 Å². The quantitative estimate of drug-likeness (QED) is 0.879. The van der Waals surface area contributed by atoms with Crippen LogP contribution in [-0.2, 0) is 6.42 Å². The normalized spacial score (nSPS) is 20.8. The van der Waals surface area contributed by atoms with Crippen LogP contribution < -0.4 is 5.32 Å². The smallest absolute Gasteiger partial charge is 0.161 e. The van der Waals surface area contributed by atoms with Crippen molar-refractivity contribution in [2.75, 3.05) is 11.1 Å². The van der Waals surface area contributed by atoms with Crippen molar-refractivity contribution in [3.05, 3.63) is 29.8 Å². The van der Waals surface area contributed by atoms with E-state index >= 15 is 0 Å². The summed E-state index contributed by atoms with van der Waals surface area (Å²) in [6.07, 6.45) is 7.58. The first-order valence-corrected chi connectivity index (χ1v) is 8.37. The number of thioether (sulfide) groups is 1. The highest BCUT2D eigenvalue weighted by Crippen LogP contribution is 2.41. The van der Waals surface area contributed by atoms with Crippen molar-refractivity contribution in [2.24, 2.45) is 4.99 Å². The van der Waals surface area contributed by atoms with Gasteiger partial charge in [0.1, 0.15) is 0 Å². The van der Waals surface area contributed by atoms with E-state index in [1.807, 2.05) is 11.8 Å². The molecular weight excluding hydrogens is 252 g/mol. The van der Waals surface area contributed by atoms with E-state index in [0.717, 1.165) is 11.6 Å². The monoisotopic (exact) mass is 274 g/mol. The Morgan fingerprint density at radius 2 is 2.05 bits per heavy atom.